The molecule has 1 N–H and O–H groups in total. The summed E-state index contributed by atoms with van der Waals surface area (Å²) in [5.41, 5.74) is 0.662. The van der Waals surface area contributed by atoms with Crippen LogP contribution in [-0.4, -0.2) is 42.9 Å². The van der Waals surface area contributed by atoms with Crippen molar-refractivity contribution < 1.29 is 14.0 Å². The molecule has 2 aliphatic heterocycles. The van der Waals surface area contributed by atoms with Gasteiger partial charge in [-0.05, 0) is 50.2 Å². The maximum atomic E-state index is 12.8. The van der Waals surface area contributed by atoms with Gasteiger partial charge in [0, 0.05) is 19.5 Å². The first kappa shape index (κ1) is 19.0. The minimum atomic E-state index is -0.375. The van der Waals surface area contributed by atoms with E-state index in [0.717, 1.165) is 31.7 Å². The molecule has 1 aromatic carbocycles. The number of furan rings is 1. The van der Waals surface area contributed by atoms with Gasteiger partial charge in [-0.1, -0.05) is 23.7 Å². The highest BCUT2D eigenvalue weighted by Crippen LogP contribution is 2.31. The summed E-state index contributed by atoms with van der Waals surface area (Å²) < 4.78 is 5.60. The molecule has 2 aliphatic rings. The van der Waals surface area contributed by atoms with Crippen LogP contribution in [-0.2, 0) is 9.59 Å². The number of nitrogens with one attached hydrogen (secondary N) is 1. The van der Waals surface area contributed by atoms with E-state index in [1.165, 1.54) is 0 Å². The second kappa shape index (κ2) is 8.37. The first-order chi connectivity index (χ1) is 13.6. The van der Waals surface area contributed by atoms with Crippen molar-refractivity contribution in [2.24, 2.45) is 5.92 Å². The standard InChI is InChI=1S/C21H24ClN3O3/c22-16-6-1-2-7-17(16)25-14-15(12-20(25)26)21(27)23-13-18(19-8-5-11-28-19)24-9-3-4-10-24/h1-2,5-8,11,15,18H,3-4,9-10,12-14H2,(H,23,27). The van der Waals surface area contributed by atoms with E-state index >= 15 is 0 Å². The molecule has 0 saturated carbocycles. The van der Waals surface area contributed by atoms with E-state index in [1.54, 1.807) is 23.3 Å². The molecule has 2 saturated heterocycles. The number of nitrogens with zero attached hydrogens (tertiary/aromatic N) is 2. The fourth-order valence-corrected chi connectivity index (χ4v) is 4.31. The number of carbonyl (C=O) groups is 2. The van der Waals surface area contributed by atoms with E-state index in [9.17, 15) is 9.59 Å². The smallest absolute Gasteiger partial charge is 0.227 e. The summed E-state index contributed by atoms with van der Waals surface area (Å²) >= 11 is 6.22. The summed E-state index contributed by atoms with van der Waals surface area (Å²) in [6.07, 6.45) is 4.19. The number of rotatable bonds is 6. The Labute approximate surface area is 169 Å². The SMILES string of the molecule is O=C(NCC(c1ccco1)N1CCCC1)C1CC(=O)N(c2ccccc2Cl)C1. The van der Waals surface area contributed by atoms with Crippen LogP contribution in [0, 0.1) is 5.92 Å². The van der Waals surface area contributed by atoms with Crippen LogP contribution in [0.4, 0.5) is 5.69 Å². The quantitative estimate of drug-likeness (QED) is 0.807. The molecule has 1 aromatic heterocycles. The number of benzene rings is 1. The van der Waals surface area contributed by atoms with Gasteiger partial charge in [-0.3, -0.25) is 14.5 Å². The van der Waals surface area contributed by atoms with Crippen LogP contribution in [0.25, 0.3) is 0 Å². The topological polar surface area (TPSA) is 65.8 Å². The normalized spacial score (nSPS) is 21.2. The Balaban J connectivity index is 1.39. The van der Waals surface area contributed by atoms with Crippen LogP contribution in [0.5, 0.6) is 0 Å². The zero-order chi connectivity index (χ0) is 19.5. The Kier molecular flexibility index (Phi) is 5.69. The van der Waals surface area contributed by atoms with Gasteiger partial charge >= 0.3 is 0 Å². The Morgan fingerprint density at radius 3 is 2.71 bits per heavy atom. The molecule has 0 radical (unpaired) electrons. The fourth-order valence-electron chi connectivity index (χ4n) is 4.07. The largest absolute Gasteiger partial charge is 0.468 e. The highest BCUT2D eigenvalue weighted by Gasteiger charge is 2.36. The summed E-state index contributed by atoms with van der Waals surface area (Å²) in [5, 5.41) is 3.56. The van der Waals surface area contributed by atoms with Crippen molar-refractivity contribution in [3.63, 3.8) is 0 Å². The highest BCUT2D eigenvalue weighted by atomic mass is 35.5. The third-order valence-corrected chi connectivity index (χ3v) is 5.88. The van der Waals surface area contributed by atoms with Gasteiger partial charge in [0.05, 0.1) is 28.9 Å². The van der Waals surface area contributed by atoms with Crippen molar-refractivity contribution in [2.75, 3.05) is 31.1 Å². The van der Waals surface area contributed by atoms with Gasteiger partial charge in [0.15, 0.2) is 0 Å². The van der Waals surface area contributed by atoms with Crippen molar-refractivity contribution >= 4 is 29.1 Å². The second-order valence-electron chi connectivity index (χ2n) is 7.38. The van der Waals surface area contributed by atoms with Gasteiger partial charge in [0.2, 0.25) is 11.8 Å². The monoisotopic (exact) mass is 401 g/mol. The van der Waals surface area contributed by atoms with Gasteiger partial charge in [0.1, 0.15) is 5.76 Å². The molecule has 4 rings (SSSR count). The molecule has 6 nitrogen and oxygen atoms in total. The Morgan fingerprint density at radius 1 is 1.21 bits per heavy atom. The van der Waals surface area contributed by atoms with Crippen LogP contribution in [0.15, 0.2) is 47.1 Å². The number of likely N-dealkylation sites (tertiary alicyclic amines) is 1. The van der Waals surface area contributed by atoms with Crippen LogP contribution >= 0.6 is 11.6 Å². The summed E-state index contributed by atoms with van der Waals surface area (Å²) in [6.45, 7) is 2.83. The molecule has 7 heteroatoms. The van der Waals surface area contributed by atoms with Crippen molar-refractivity contribution in [2.45, 2.75) is 25.3 Å². The molecular formula is C21H24ClN3O3. The lowest BCUT2D eigenvalue weighted by molar-refractivity contribution is -0.126. The highest BCUT2D eigenvalue weighted by molar-refractivity contribution is 6.33. The lowest BCUT2D eigenvalue weighted by Gasteiger charge is -2.26. The molecular weight excluding hydrogens is 378 g/mol. The van der Waals surface area contributed by atoms with E-state index in [1.807, 2.05) is 24.3 Å². The molecule has 28 heavy (non-hydrogen) atoms. The van der Waals surface area contributed by atoms with Crippen LogP contribution in [0.3, 0.4) is 0 Å². The molecule has 0 aliphatic carbocycles. The Hall–Kier alpha value is -2.31. The third-order valence-electron chi connectivity index (χ3n) is 5.56. The summed E-state index contributed by atoms with van der Waals surface area (Å²) in [5.74, 6) is 0.316. The zero-order valence-electron chi connectivity index (χ0n) is 15.6. The average molecular weight is 402 g/mol. The first-order valence-corrected chi connectivity index (χ1v) is 10.1. The summed E-state index contributed by atoms with van der Waals surface area (Å²) in [4.78, 5) is 29.2. The summed E-state index contributed by atoms with van der Waals surface area (Å²) in [7, 11) is 0. The number of anilines is 1. The van der Waals surface area contributed by atoms with Gasteiger partial charge in [-0.25, -0.2) is 0 Å². The predicted molar refractivity (Wildman–Crippen MR) is 107 cm³/mol. The molecule has 148 valence electrons. The number of amides is 2. The number of carbonyl (C=O) groups excluding carboxylic acids is 2. The Bertz CT molecular complexity index is 833. The van der Waals surface area contributed by atoms with Gasteiger partial charge < -0.3 is 14.6 Å². The number of hydrogen-bond acceptors (Lipinski definition) is 4. The maximum Gasteiger partial charge on any atom is 0.227 e. The minimum absolute atomic E-state index is 0.0261. The minimum Gasteiger partial charge on any atom is -0.468 e. The van der Waals surface area contributed by atoms with E-state index in [0.29, 0.717) is 23.8 Å². The van der Waals surface area contributed by atoms with Crippen molar-refractivity contribution in [3.05, 3.63) is 53.4 Å². The number of para-hydroxylation sites is 1. The van der Waals surface area contributed by atoms with Gasteiger partial charge in [-0.2, -0.15) is 0 Å². The van der Waals surface area contributed by atoms with Gasteiger partial charge in [0.25, 0.3) is 0 Å². The second-order valence-corrected chi connectivity index (χ2v) is 7.78. The van der Waals surface area contributed by atoms with E-state index in [2.05, 4.69) is 10.2 Å². The average Bonchev–Trinajstić information content (AvgIpc) is 3.45. The fraction of sp³-hybridized carbons (Fsp3) is 0.429. The van der Waals surface area contributed by atoms with E-state index in [-0.39, 0.29) is 30.2 Å². The number of halogens is 1. The Morgan fingerprint density at radius 2 is 2.00 bits per heavy atom. The van der Waals surface area contributed by atoms with Crippen LogP contribution in [0.1, 0.15) is 31.1 Å². The van der Waals surface area contributed by atoms with E-state index < -0.39 is 0 Å². The lowest BCUT2D eigenvalue weighted by atomic mass is 10.1. The molecule has 2 aromatic rings. The first-order valence-electron chi connectivity index (χ1n) is 9.73. The number of hydrogen-bond donors (Lipinski definition) is 1. The third kappa shape index (κ3) is 3.93. The molecule has 2 unspecified atom stereocenters. The molecule has 3 heterocycles. The molecule has 0 spiro atoms. The molecule has 0 bridgehead atoms. The van der Waals surface area contributed by atoms with Gasteiger partial charge in [-0.15, -0.1) is 0 Å². The van der Waals surface area contributed by atoms with Crippen molar-refractivity contribution in [1.82, 2.24) is 10.2 Å². The molecule has 2 amide bonds. The zero-order valence-corrected chi connectivity index (χ0v) is 16.4. The van der Waals surface area contributed by atoms with E-state index in [4.69, 9.17) is 16.0 Å². The predicted octanol–water partition coefficient (Wildman–Crippen LogP) is 3.24. The molecule has 2 atom stereocenters. The lowest BCUT2D eigenvalue weighted by Crippen LogP contribution is -2.39. The van der Waals surface area contributed by atoms with Crippen molar-refractivity contribution in [1.29, 1.82) is 0 Å². The van der Waals surface area contributed by atoms with Crippen molar-refractivity contribution in [3.8, 4) is 0 Å². The molecule has 2 fully saturated rings. The van der Waals surface area contributed by atoms with Crippen LogP contribution in [0.2, 0.25) is 5.02 Å². The van der Waals surface area contributed by atoms with Crippen LogP contribution < -0.4 is 10.2 Å². The maximum absolute atomic E-state index is 12.8. The summed E-state index contributed by atoms with van der Waals surface area (Å²) in [6, 6.07) is 11.1.